The van der Waals surface area contributed by atoms with Gasteiger partial charge in [-0.25, -0.2) is 8.78 Å². The molecule has 1 aromatic rings. The molecular weight excluding hydrogens is 198 g/mol. The summed E-state index contributed by atoms with van der Waals surface area (Å²) in [7, 11) is 0. The van der Waals surface area contributed by atoms with Gasteiger partial charge in [-0.05, 0) is 24.5 Å². The zero-order valence-corrected chi connectivity index (χ0v) is 8.67. The Bertz CT molecular complexity index is 329. The molecule has 3 heteroatoms. The molecular formula is C12H14F2O. The molecule has 0 aliphatic carbocycles. The Morgan fingerprint density at radius 2 is 1.87 bits per heavy atom. The maximum atomic E-state index is 12.8. The van der Waals surface area contributed by atoms with Crippen molar-refractivity contribution in [1.82, 2.24) is 0 Å². The summed E-state index contributed by atoms with van der Waals surface area (Å²) in [5, 5.41) is 0. The Balaban J connectivity index is 2.81. The third-order valence-electron chi connectivity index (χ3n) is 2.15. The second kappa shape index (κ2) is 5.01. The molecule has 0 amide bonds. The molecule has 0 radical (unpaired) electrons. The number of aryl methyl sites for hydroxylation is 1. The first-order valence-electron chi connectivity index (χ1n) is 4.91. The fourth-order valence-electron chi connectivity index (χ4n) is 1.52. The molecule has 0 unspecified atom stereocenters. The SMILES string of the molecule is CC(F)(F)Cc1ccccc1CCC=O. The van der Waals surface area contributed by atoms with Crippen LogP contribution < -0.4 is 0 Å². The third kappa shape index (κ3) is 4.19. The van der Waals surface area contributed by atoms with Crippen LogP contribution >= 0.6 is 0 Å². The van der Waals surface area contributed by atoms with E-state index < -0.39 is 5.92 Å². The van der Waals surface area contributed by atoms with E-state index in [1.54, 1.807) is 24.3 Å². The molecule has 0 aromatic heterocycles. The number of rotatable bonds is 5. The van der Waals surface area contributed by atoms with Crippen LogP contribution in [0.3, 0.4) is 0 Å². The lowest BCUT2D eigenvalue weighted by Gasteiger charge is -2.13. The third-order valence-corrected chi connectivity index (χ3v) is 2.15. The van der Waals surface area contributed by atoms with Gasteiger partial charge in [0.05, 0.1) is 0 Å². The van der Waals surface area contributed by atoms with Crippen molar-refractivity contribution in [2.45, 2.75) is 32.1 Å². The number of alkyl halides is 2. The van der Waals surface area contributed by atoms with Crippen molar-refractivity contribution < 1.29 is 13.6 Å². The molecule has 1 rings (SSSR count). The van der Waals surface area contributed by atoms with Crippen molar-refractivity contribution in [3.05, 3.63) is 35.4 Å². The van der Waals surface area contributed by atoms with Crippen LogP contribution in [0.25, 0.3) is 0 Å². The van der Waals surface area contributed by atoms with Crippen molar-refractivity contribution in [1.29, 1.82) is 0 Å². The summed E-state index contributed by atoms with van der Waals surface area (Å²) in [6, 6.07) is 7.03. The monoisotopic (exact) mass is 212 g/mol. The highest BCUT2D eigenvalue weighted by Gasteiger charge is 2.22. The summed E-state index contributed by atoms with van der Waals surface area (Å²) >= 11 is 0. The summed E-state index contributed by atoms with van der Waals surface area (Å²) in [6.07, 6.45) is 1.46. The van der Waals surface area contributed by atoms with E-state index in [1.165, 1.54) is 0 Å². The van der Waals surface area contributed by atoms with Gasteiger partial charge in [-0.1, -0.05) is 24.3 Å². The number of hydrogen-bond donors (Lipinski definition) is 0. The highest BCUT2D eigenvalue weighted by atomic mass is 19.3. The average Bonchev–Trinajstić information content (AvgIpc) is 2.14. The fourth-order valence-corrected chi connectivity index (χ4v) is 1.52. The van der Waals surface area contributed by atoms with E-state index in [-0.39, 0.29) is 6.42 Å². The summed E-state index contributed by atoms with van der Waals surface area (Å²) in [6.45, 7) is 0.906. The Hall–Kier alpha value is -1.25. The van der Waals surface area contributed by atoms with Crippen LogP contribution in [0.4, 0.5) is 8.78 Å². The molecule has 0 fully saturated rings. The number of benzene rings is 1. The van der Waals surface area contributed by atoms with Gasteiger partial charge >= 0.3 is 0 Å². The van der Waals surface area contributed by atoms with Crippen LogP contribution in [0.1, 0.15) is 24.5 Å². The van der Waals surface area contributed by atoms with E-state index >= 15 is 0 Å². The number of hydrogen-bond acceptors (Lipinski definition) is 1. The first-order chi connectivity index (χ1) is 7.03. The number of carbonyl (C=O) groups is 1. The largest absolute Gasteiger partial charge is 0.303 e. The average molecular weight is 212 g/mol. The van der Waals surface area contributed by atoms with E-state index in [4.69, 9.17) is 0 Å². The van der Waals surface area contributed by atoms with Gasteiger partial charge in [0.1, 0.15) is 6.29 Å². The summed E-state index contributed by atoms with van der Waals surface area (Å²) in [4.78, 5) is 10.2. The number of aldehydes is 1. The van der Waals surface area contributed by atoms with Crippen molar-refractivity contribution in [3.63, 3.8) is 0 Å². The van der Waals surface area contributed by atoms with Gasteiger partial charge in [-0.3, -0.25) is 0 Å². The van der Waals surface area contributed by atoms with E-state index in [9.17, 15) is 13.6 Å². The lowest BCUT2D eigenvalue weighted by atomic mass is 9.98. The predicted molar refractivity (Wildman–Crippen MR) is 55.2 cm³/mol. The molecule has 1 nitrogen and oxygen atoms in total. The van der Waals surface area contributed by atoms with E-state index in [1.807, 2.05) is 0 Å². The van der Waals surface area contributed by atoms with Crippen LogP contribution in [0.2, 0.25) is 0 Å². The van der Waals surface area contributed by atoms with Gasteiger partial charge in [0.25, 0.3) is 0 Å². The summed E-state index contributed by atoms with van der Waals surface area (Å²) in [5.74, 6) is -2.70. The van der Waals surface area contributed by atoms with Crippen LogP contribution in [0, 0.1) is 0 Å². The van der Waals surface area contributed by atoms with Crippen LogP contribution in [0.15, 0.2) is 24.3 Å². The lowest BCUT2D eigenvalue weighted by Crippen LogP contribution is -2.15. The molecule has 0 aliphatic heterocycles. The van der Waals surface area contributed by atoms with Crippen LogP contribution in [-0.4, -0.2) is 12.2 Å². The van der Waals surface area contributed by atoms with E-state index in [2.05, 4.69) is 0 Å². The minimum Gasteiger partial charge on any atom is -0.303 e. The van der Waals surface area contributed by atoms with Crippen molar-refractivity contribution in [2.24, 2.45) is 0 Å². The minimum absolute atomic E-state index is 0.262. The standard InChI is InChI=1S/C12H14F2O/c1-12(13,14)9-11-6-3-2-5-10(11)7-4-8-15/h2-3,5-6,8H,4,7,9H2,1H3. The van der Waals surface area contributed by atoms with Gasteiger partial charge in [-0.2, -0.15) is 0 Å². The maximum Gasteiger partial charge on any atom is 0.249 e. The number of halogens is 2. The second-order valence-electron chi connectivity index (χ2n) is 3.72. The fraction of sp³-hybridized carbons (Fsp3) is 0.417. The van der Waals surface area contributed by atoms with Gasteiger partial charge in [0.15, 0.2) is 0 Å². The minimum atomic E-state index is -2.70. The normalized spacial score (nSPS) is 11.4. The van der Waals surface area contributed by atoms with Gasteiger partial charge in [0.2, 0.25) is 5.92 Å². The molecule has 0 bridgehead atoms. The maximum absolute atomic E-state index is 12.8. The van der Waals surface area contributed by atoms with E-state index in [0.717, 1.165) is 18.8 Å². The summed E-state index contributed by atoms with van der Waals surface area (Å²) in [5.41, 5.74) is 1.47. The molecule has 1 aromatic carbocycles. The topological polar surface area (TPSA) is 17.1 Å². The number of carbonyl (C=O) groups excluding carboxylic acids is 1. The molecule has 0 spiro atoms. The zero-order chi connectivity index (χ0) is 11.3. The first-order valence-corrected chi connectivity index (χ1v) is 4.91. The Morgan fingerprint density at radius 1 is 1.27 bits per heavy atom. The van der Waals surface area contributed by atoms with Crippen molar-refractivity contribution in [3.8, 4) is 0 Å². The van der Waals surface area contributed by atoms with Gasteiger partial charge < -0.3 is 4.79 Å². The van der Waals surface area contributed by atoms with Crippen molar-refractivity contribution >= 4 is 6.29 Å². The highest BCUT2D eigenvalue weighted by molar-refractivity contribution is 5.50. The second-order valence-corrected chi connectivity index (χ2v) is 3.72. The molecule has 15 heavy (non-hydrogen) atoms. The predicted octanol–water partition coefficient (Wildman–Crippen LogP) is 3.02. The smallest absolute Gasteiger partial charge is 0.249 e. The zero-order valence-electron chi connectivity index (χ0n) is 8.67. The molecule has 0 heterocycles. The molecule has 0 saturated carbocycles. The Kier molecular flexibility index (Phi) is 3.95. The Morgan fingerprint density at radius 3 is 2.40 bits per heavy atom. The molecule has 0 saturated heterocycles. The molecule has 0 N–H and O–H groups in total. The summed E-state index contributed by atoms with van der Waals surface area (Å²) < 4.78 is 25.7. The van der Waals surface area contributed by atoms with Gasteiger partial charge in [0, 0.05) is 12.8 Å². The molecule has 0 atom stereocenters. The van der Waals surface area contributed by atoms with Gasteiger partial charge in [-0.15, -0.1) is 0 Å². The van der Waals surface area contributed by atoms with Crippen LogP contribution in [0.5, 0.6) is 0 Å². The molecule has 82 valence electrons. The van der Waals surface area contributed by atoms with E-state index in [0.29, 0.717) is 18.4 Å². The first kappa shape index (κ1) is 11.8. The lowest BCUT2D eigenvalue weighted by molar-refractivity contribution is -0.107. The molecule has 0 aliphatic rings. The van der Waals surface area contributed by atoms with Crippen LogP contribution in [-0.2, 0) is 17.6 Å². The highest BCUT2D eigenvalue weighted by Crippen LogP contribution is 2.22. The Labute approximate surface area is 88.1 Å². The van der Waals surface area contributed by atoms with Crippen molar-refractivity contribution in [2.75, 3.05) is 0 Å². The quantitative estimate of drug-likeness (QED) is 0.686.